The molecular formula is C25H34Cl2N4O. The molecule has 0 radical (unpaired) electrons. The molecule has 1 amide bonds. The summed E-state index contributed by atoms with van der Waals surface area (Å²) < 4.78 is 0. The van der Waals surface area contributed by atoms with Crippen LogP contribution >= 0.6 is 23.2 Å². The van der Waals surface area contributed by atoms with Gasteiger partial charge in [0, 0.05) is 43.9 Å². The van der Waals surface area contributed by atoms with Gasteiger partial charge >= 0.3 is 0 Å². The van der Waals surface area contributed by atoms with Gasteiger partial charge in [0.05, 0.1) is 16.2 Å². The van der Waals surface area contributed by atoms with Crippen LogP contribution in [0, 0.1) is 0 Å². The molecule has 1 heterocycles. The van der Waals surface area contributed by atoms with Crippen molar-refractivity contribution in [2.45, 2.75) is 51.1 Å². The summed E-state index contributed by atoms with van der Waals surface area (Å²) in [5.74, 6) is -0.0357. The summed E-state index contributed by atoms with van der Waals surface area (Å²) in [5, 5.41) is 7.45. The highest BCUT2D eigenvalue weighted by molar-refractivity contribution is 6.42. The summed E-state index contributed by atoms with van der Waals surface area (Å²) in [6.45, 7) is 4.53. The Labute approximate surface area is 201 Å². The van der Waals surface area contributed by atoms with Crippen molar-refractivity contribution in [2.75, 3.05) is 31.6 Å². The second kappa shape index (κ2) is 11.9. The topological polar surface area (TPSA) is 70.4 Å². The minimum absolute atomic E-state index is 0.0438. The summed E-state index contributed by atoms with van der Waals surface area (Å²) in [7, 11) is 1.67. The Morgan fingerprint density at radius 2 is 2.00 bits per heavy atom. The number of nitrogens with two attached hydrogens (primary N) is 1. The lowest BCUT2D eigenvalue weighted by Gasteiger charge is -2.38. The maximum Gasteiger partial charge on any atom is 0.251 e. The molecule has 174 valence electrons. The van der Waals surface area contributed by atoms with Crippen LogP contribution in [0.1, 0.15) is 66.4 Å². The van der Waals surface area contributed by atoms with E-state index in [1.54, 1.807) is 7.05 Å². The molecule has 1 aliphatic heterocycles. The first-order valence-electron chi connectivity index (χ1n) is 11.5. The van der Waals surface area contributed by atoms with Crippen molar-refractivity contribution in [3.05, 3.63) is 63.1 Å². The number of carbonyl (C=O) groups is 1. The maximum atomic E-state index is 12.8. The first-order chi connectivity index (χ1) is 15.5. The van der Waals surface area contributed by atoms with E-state index in [1.807, 2.05) is 24.3 Å². The number of halogens is 2. The first-order valence-corrected chi connectivity index (χ1v) is 12.3. The van der Waals surface area contributed by atoms with Gasteiger partial charge in [-0.05, 0) is 67.1 Å². The Hall–Kier alpha value is -1.79. The minimum atomic E-state index is -0.0795. The van der Waals surface area contributed by atoms with Gasteiger partial charge in [0.25, 0.3) is 5.91 Å². The van der Waals surface area contributed by atoms with Crippen LogP contribution in [-0.4, -0.2) is 38.8 Å². The summed E-state index contributed by atoms with van der Waals surface area (Å²) in [6.07, 6.45) is 5.56. The summed E-state index contributed by atoms with van der Waals surface area (Å²) >= 11 is 12.5. The third kappa shape index (κ3) is 5.76. The Kier molecular flexibility index (Phi) is 9.23. The molecule has 2 atom stereocenters. The van der Waals surface area contributed by atoms with E-state index in [0.717, 1.165) is 55.6 Å². The van der Waals surface area contributed by atoms with Gasteiger partial charge in [0.15, 0.2) is 0 Å². The smallest absolute Gasteiger partial charge is 0.251 e. The van der Waals surface area contributed by atoms with Crippen LogP contribution in [0.3, 0.4) is 0 Å². The Morgan fingerprint density at radius 1 is 1.19 bits per heavy atom. The van der Waals surface area contributed by atoms with E-state index in [-0.39, 0.29) is 18.0 Å². The lowest BCUT2D eigenvalue weighted by atomic mass is 9.84. The monoisotopic (exact) mass is 476 g/mol. The highest BCUT2D eigenvalue weighted by Crippen LogP contribution is 2.37. The number of anilines is 1. The molecule has 4 N–H and O–H groups in total. The van der Waals surface area contributed by atoms with E-state index in [2.05, 4.69) is 34.6 Å². The highest BCUT2D eigenvalue weighted by atomic mass is 35.5. The predicted octanol–water partition coefficient (Wildman–Crippen LogP) is 5.15. The maximum absolute atomic E-state index is 12.8. The van der Waals surface area contributed by atoms with Crippen molar-refractivity contribution >= 4 is 34.8 Å². The fraction of sp³-hybridized carbons (Fsp3) is 0.480. The van der Waals surface area contributed by atoms with Crippen LogP contribution in [0.4, 0.5) is 5.69 Å². The molecule has 0 aliphatic carbocycles. The van der Waals surface area contributed by atoms with Gasteiger partial charge < -0.3 is 16.0 Å². The summed E-state index contributed by atoms with van der Waals surface area (Å²) in [6, 6.07) is 12.0. The zero-order chi connectivity index (χ0) is 23.1. The molecule has 2 aromatic rings. The minimum Gasteiger partial charge on any atom is -0.356 e. The molecule has 7 heteroatoms. The molecule has 0 saturated carbocycles. The summed E-state index contributed by atoms with van der Waals surface area (Å²) in [4.78, 5) is 15.2. The number of benzene rings is 2. The van der Waals surface area contributed by atoms with Crippen LogP contribution < -0.4 is 21.3 Å². The molecule has 32 heavy (non-hydrogen) atoms. The van der Waals surface area contributed by atoms with Gasteiger partial charge in [-0.2, -0.15) is 0 Å². The number of amides is 1. The number of hydrogen-bond acceptors (Lipinski definition) is 4. The Morgan fingerprint density at radius 3 is 2.69 bits per heavy atom. The van der Waals surface area contributed by atoms with Crippen LogP contribution in [0.5, 0.6) is 0 Å². The molecule has 2 unspecified atom stereocenters. The molecule has 0 aromatic heterocycles. The highest BCUT2D eigenvalue weighted by Gasteiger charge is 2.26. The molecule has 1 saturated heterocycles. The molecule has 1 aliphatic rings. The number of rotatable bonds is 9. The van der Waals surface area contributed by atoms with E-state index in [1.165, 1.54) is 6.42 Å². The van der Waals surface area contributed by atoms with Crippen molar-refractivity contribution in [3.8, 4) is 0 Å². The second-order valence-corrected chi connectivity index (χ2v) is 9.13. The SMILES string of the molecule is CCCC(c1ccc(Cl)c(Cl)c1)c1cc(N2CCCCC2NCCN)ccc1C(=O)NC. The normalized spacial score (nSPS) is 17.3. The van der Waals surface area contributed by atoms with Crippen molar-refractivity contribution in [3.63, 3.8) is 0 Å². The number of piperidine rings is 1. The summed E-state index contributed by atoms with van der Waals surface area (Å²) in [5.41, 5.74) is 9.65. The third-order valence-corrected chi connectivity index (χ3v) is 6.90. The van der Waals surface area contributed by atoms with Gasteiger partial charge in [-0.15, -0.1) is 0 Å². The average molecular weight is 477 g/mol. The van der Waals surface area contributed by atoms with E-state index < -0.39 is 0 Å². The van der Waals surface area contributed by atoms with E-state index in [9.17, 15) is 4.79 Å². The van der Waals surface area contributed by atoms with E-state index >= 15 is 0 Å². The van der Waals surface area contributed by atoms with Crippen molar-refractivity contribution in [1.29, 1.82) is 0 Å². The van der Waals surface area contributed by atoms with Crippen LogP contribution in [-0.2, 0) is 0 Å². The first kappa shape index (κ1) is 24.8. The number of nitrogens with one attached hydrogen (secondary N) is 2. The van der Waals surface area contributed by atoms with Crippen molar-refractivity contribution in [2.24, 2.45) is 5.73 Å². The lowest BCUT2D eigenvalue weighted by molar-refractivity contribution is 0.0962. The molecule has 0 spiro atoms. The zero-order valence-corrected chi connectivity index (χ0v) is 20.5. The van der Waals surface area contributed by atoms with Gasteiger partial charge in [0.2, 0.25) is 0 Å². The fourth-order valence-corrected chi connectivity index (χ4v) is 4.89. The van der Waals surface area contributed by atoms with E-state index in [4.69, 9.17) is 28.9 Å². The van der Waals surface area contributed by atoms with Gasteiger partial charge in [-0.3, -0.25) is 10.1 Å². The molecule has 3 rings (SSSR count). The number of nitrogens with zero attached hydrogens (tertiary/aromatic N) is 1. The van der Waals surface area contributed by atoms with Gasteiger partial charge in [0.1, 0.15) is 0 Å². The Balaban J connectivity index is 2.07. The van der Waals surface area contributed by atoms with Gasteiger partial charge in [-0.1, -0.05) is 42.6 Å². The molecule has 2 aromatic carbocycles. The molecule has 5 nitrogen and oxygen atoms in total. The van der Waals surface area contributed by atoms with Crippen LogP contribution in [0.15, 0.2) is 36.4 Å². The Bertz CT molecular complexity index is 921. The molecular weight excluding hydrogens is 443 g/mol. The third-order valence-electron chi connectivity index (χ3n) is 6.16. The van der Waals surface area contributed by atoms with E-state index in [0.29, 0.717) is 22.2 Å². The predicted molar refractivity (Wildman–Crippen MR) is 135 cm³/mol. The largest absolute Gasteiger partial charge is 0.356 e. The van der Waals surface area contributed by atoms with Crippen molar-refractivity contribution < 1.29 is 4.79 Å². The lowest BCUT2D eigenvalue weighted by Crippen LogP contribution is -2.50. The average Bonchev–Trinajstić information content (AvgIpc) is 2.82. The molecule has 1 fully saturated rings. The number of hydrogen-bond donors (Lipinski definition) is 3. The van der Waals surface area contributed by atoms with Crippen LogP contribution in [0.2, 0.25) is 10.0 Å². The number of carbonyl (C=O) groups excluding carboxylic acids is 1. The quantitative estimate of drug-likeness (QED) is 0.467. The second-order valence-electron chi connectivity index (χ2n) is 8.31. The zero-order valence-electron chi connectivity index (χ0n) is 19.0. The standard InChI is InChI=1S/C25H34Cl2N4O/c1-3-6-19(17-8-11-22(26)23(27)15-17)21-16-18(9-10-20(21)25(32)29-2)31-14-5-4-7-24(31)30-13-12-28/h8-11,15-16,19,24,30H,3-7,12-14,28H2,1-2H3,(H,29,32). The molecule has 0 bridgehead atoms. The van der Waals surface area contributed by atoms with Gasteiger partial charge in [-0.25, -0.2) is 0 Å². The van der Waals surface area contributed by atoms with Crippen LogP contribution in [0.25, 0.3) is 0 Å². The van der Waals surface area contributed by atoms with Crippen molar-refractivity contribution in [1.82, 2.24) is 10.6 Å². The fourth-order valence-electron chi connectivity index (χ4n) is 4.58.